The highest BCUT2D eigenvalue weighted by Crippen LogP contribution is 2.44. The summed E-state index contributed by atoms with van der Waals surface area (Å²) in [5.41, 5.74) is -0.729. The first-order valence-corrected chi connectivity index (χ1v) is 10.2. The van der Waals surface area contributed by atoms with Crippen molar-refractivity contribution >= 4 is 17.7 Å². The van der Waals surface area contributed by atoms with Crippen molar-refractivity contribution in [3.05, 3.63) is 29.8 Å². The van der Waals surface area contributed by atoms with Crippen molar-refractivity contribution in [1.82, 2.24) is 9.80 Å². The second-order valence-corrected chi connectivity index (χ2v) is 8.04. The Balaban J connectivity index is 1.98. The fourth-order valence-electron chi connectivity index (χ4n) is 4.44. The molecule has 2 aliphatic rings. The molecular formula is C22H30N2O6. The molecule has 0 N–H and O–H groups in total. The third kappa shape index (κ3) is 4.20. The highest BCUT2D eigenvalue weighted by atomic mass is 16.5. The van der Waals surface area contributed by atoms with Gasteiger partial charge in [0, 0.05) is 38.6 Å². The van der Waals surface area contributed by atoms with Crippen molar-refractivity contribution in [3.8, 4) is 5.75 Å². The van der Waals surface area contributed by atoms with Gasteiger partial charge >= 0.3 is 0 Å². The number of morpholine rings is 1. The summed E-state index contributed by atoms with van der Waals surface area (Å²) >= 11 is 0. The van der Waals surface area contributed by atoms with Gasteiger partial charge in [-0.15, -0.1) is 0 Å². The predicted octanol–water partition coefficient (Wildman–Crippen LogP) is 1.36. The lowest BCUT2D eigenvalue weighted by Crippen LogP contribution is -2.51. The third-order valence-corrected chi connectivity index (χ3v) is 5.78. The van der Waals surface area contributed by atoms with Gasteiger partial charge < -0.3 is 19.1 Å². The van der Waals surface area contributed by atoms with Crippen LogP contribution in [-0.4, -0.2) is 80.2 Å². The van der Waals surface area contributed by atoms with Gasteiger partial charge in [-0.1, -0.05) is 18.2 Å². The molecule has 1 aromatic carbocycles. The summed E-state index contributed by atoms with van der Waals surface area (Å²) in [5.74, 6) is -0.363. The SMILES string of the molecule is COCCN1C(=O)C[C@](CC(=O)N2C[C@@H](C)O[C@@H](C)C2)(c2ccccc2OC)C1=O. The van der Waals surface area contributed by atoms with E-state index in [9.17, 15) is 14.4 Å². The van der Waals surface area contributed by atoms with Crippen LogP contribution in [0.3, 0.4) is 0 Å². The molecule has 2 aliphatic heterocycles. The summed E-state index contributed by atoms with van der Waals surface area (Å²) < 4.78 is 16.3. The molecular weight excluding hydrogens is 388 g/mol. The quantitative estimate of drug-likeness (QED) is 0.622. The average Bonchev–Trinajstić information content (AvgIpc) is 2.95. The Morgan fingerprint density at radius 2 is 1.83 bits per heavy atom. The van der Waals surface area contributed by atoms with Gasteiger partial charge in [-0.3, -0.25) is 19.3 Å². The molecule has 2 heterocycles. The number of methoxy groups -OCH3 is 2. The Morgan fingerprint density at radius 1 is 1.17 bits per heavy atom. The van der Waals surface area contributed by atoms with Crippen LogP contribution in [0.1, 0.15) is 32.3 Å². The zero-order valence-corrected chi connectivity index (χ0v) is 18.1. The number of rotatable bonds is 7. The molecule has 164 valence electrons. The number of amides is 3. The van der Waals surface area contributed by atoms with Crippen molar-refractivity contribution in [3.63, 3.8) is 0 Å². The minimum atomic E-state index is -1.29. The van der Waals surface area contributed by atoms with E-state index in [1.165, 1.54) is 19.1 Å². The van der Waals surface area contributed by atoms with Gasteiger partial charge in [-0.25, -0.2) is 0 Å². The monoisotopic (exact) mass is 418 g/mol. The summed E-state index contributed by atoms with van der Waals surface area (Å²) in [6, 6.07) is 7.10. The number of hydrogen-bond acceptors (Lipinski definition) is 6. The van der Waals surface area contributed by atoms with Crippen molar-refractivity contribution in [1.29, 1.82) is 0 Å². The van der Waals surface area contributed by atoms with Gasteiger partial charge in [0.15, 0.2) is 0 Å². The molecule has 0 saturated carbocycles. The van der Waals surface area contributed by atoms with E-state index in [1.54, 1.807) is 29.2 Å². The van der Waals surface area contributed by atoms with Crippen LogP contribution in [0.2, 0.25) is 0 Å². The van der Waals surface area contributed by atoms with Gasteiger partial charge in [0.2, 0.25) is 17.7 Å². The zero-order valence-electron chi connectivity index (χ0n) is 18.1. The Bertz CT molecular complexity index is 803. The standard InChI is InChI=1S/C22H30N2O6/c1-15-13-23(14-16(2)30-15)19(25)11-22(17-7-5-6-8-18(17)29-4)12-20(26)24(21(22)27)9-10-28-3/h5-8,15-16H,9-14H2,1-4H3/t15-,16+,22-/m1/s1. The first kappa shape index (κ1) is 22.2. The minimum absolute atomic E-state index is 0.0723. The lowest BCUT2D eigenvalue weighted by molar-refractivity contribution is -0.148. The number of likely N-dealkylation sites (tertiary alicyclic amines) is 1. The molecule has 3 atom stereocenters. The highest BCUT2D eigenvalue weighted by Gasteiger charge is 2.55. The molecule has 0 radical (unpaired) electrons. The predicted molar refractivity (Wildman–Crippen MR) is 109 cm³/mol. The van der Waals surface area contributed by atoms with Crippen LogP contribution < -0.4 is 4.74 Å². The fourth-order valence-corrected chi connectivity index (χ4v) is 4.44. The molecule has 0 unspecified atom stereocenters. The second-order valence-electron chi connectivity index (χ2n) is 8.04. The van der Waals surface area contributed by atoms with Crippen LogP contribution in [0, 0.1) is 0 Å². The molecule has 3 amide bonds. The first-order chi connectivity index (χ1) is 14.3. The minimum Gasteiger partial charge on any atom is -0.496 e. The average molecular weight is 418 g/mol. The van der Waals surface area contributed by atoms with Gasteiger partial charge in [0.25, 0.3) is 0 Å². The molecule has 1 aromatic rings. The second kappa shape index (κ2) is 9.14. The molecule has 0 aromatic heterocycles. The number of benzene rings is 1. The van der Waals surface area contributed by atoms with Gasteiger partial charge in [0.1, 0.15) is 5.75 Å². The Labute approximate surface area is 177 Å². The lowest BCUT2D eigenvalue weighted by Gasteiger charge is -2.37. The number of nitrogens with zero attached hydrogens (tertiary/aromatic N) is 2. The molecule has 3 rings (SSSR count). The molecule has 8 nitrogen and oxygen atoms in total. The molecule has 0 aliphatic carbocycles. The Hall–Kier alpha value is -2.45. The molecule has 0 spiro atoms. The van der Waals surface area contributed by atoms with Crippen LogP contribution >= 0.6 is 0 Å². The molecule has 2 saturated heterocycles. The van der Waals surface area contributed by atoms with E-state index in [0.717, 1.165) is 0 Å². The molecule has 0 bridgehead atoms. The van der Waals surface area contributed by atoms with E-state index in [0.29, 0.717) is 24.4 Å². The molecule has 30 heavy (non-hydrogen) atoms. The number of imide groups is 1. The van der Waals surface area contributed by atoms with Crippen LogP contribution in [0.15, 0.2) is 24.3 Å². The van der Waals surface area contributed by atoms with E-state index in [1.807, 2.05) is 13.8 Å². The fraction of sp³-hybridized carbons (Fsp3) is 0.591. The van der Waals surface area contributed by atoms with Crippen molar-refractivity contribution in [2.24, 2.45) is 0 Å². The van der Waals surface area contributed by atoms with Crippen LogP contribution in [-0.2, 0) is 29.3 Å². The summed E-state index contributed by atoms with van der Waals surface area (Å²) in [5, 5.41) is 0. The van der Waals surface area contributed by atoms with Crippen molar-refractivity contribution < 1.29 is 28.6 Å². The maximum absolute atomic E-state index is 13.6. The highest BCUT2D eigenvalue weighted by molar-refractivity contribution is 6.11. The number of hydrogen-bond donors (Lipinski definition) is 0. The van der Waals surface area contributed by atoms with Gasteiger partial charge in [-0.05, 0) is 19.9 Å². The van der Waals surface area contributed by atoms with Crippen LogP contribution in [0.25, 0.3) is 0 Å². The number of para-hydroxylation sites is 1. The smallest absolute Gasteiger partial charge is 0.241 e. The molecule has 2 fully saturated rings. The topological polar surface area (TPSA) is 85.4 Å². The van der Waals surface area contributed by atoms with E-state index in [-0.39, 0.29) is 55.9 Å². The maximum Gasteiger partial charge on any atom is 0.241 e. The van der Waals surface area contributed by atoms with Crippen LogP contribution in [0.5, 0.6) is 5.75 Å². The van der Waals surface area contributed by atoms with Crippen molar-refractivity contribution in [2.45, 2.75) is 44.3 Å². The Morgan fingerprint density at radius 3 is 2.47 bits per heavy atom. The Kier molecular flexibility index (Phi) is 6.77. The van der Waals surface area contributed by atoms with Gasteiger partial charge in [0.05, 0.1) is 37.9 Å². The van der Waals surface area contributed by atoms with E-state index in [4.69, 9.17) is 14.2 Å². The van der Waals surface area contributed by atoms with E-state index in [2.05, 4.69) is 0 Å². The molecule has 8 heteroatoms. The summed E-state index contributed by atoms with van der Waals surface area (Å²) in [6.07, 6.45) is -0.337. The zero-order chi connectivity index (χ0) is 21.9. The van der Waals surface area contributed by atoms with E-state index < -0.39 is 5.41 Å². The largest absolute Gasteiger partial charge is 0.496 e. The summed E-state index contributed by atoms with van der Waals surface area (Å²) in [7, 11) is 3.03. The lowest BCUT2D eigenvalue weighted by atomic mass is 9.75. The number of carbonyl (C=O) groups excluding carboxylic acids is 3. The van der Waals surface area contributed by atoms with Crippen LogP contribution in [0.4, 0.5) is 0 Å². The summed E-state index contributed by atoms with van der Waals surface area (Å²) in [4.78, 5) is 42.6. The van der Waals surface area contributed by atoms with Gasteiger partial charge in [-0.2, -0.15) is 0 Å². The number of carbonyl (C=O) groups is 3. The maximum atomic E-state index is 13.6. The van der Waals surface area contributed by atoms with E-state index >= 15 is 0 Å². The normalized spacial score (nSPS) is 26.9. The summed E-state index contributed by atoms with van der Waals surface area (Å²) in [6.45, 7) is 5.16. The first-order valence-electron chi connectivity index (χ1n) is 10.2. The number of ether oxygens (including phenoxy) is 3. The van der Waals surface area contributed by atoms with Crippen molar-refractivity contribution in [2.75, 3.05) is 40.5 Å². The third-order valence-electron chi connectivity index (χ3n) is 5.78.